The topological polar surface area (TPSA) is 89.8 Å². The zero-order valence-electron chi connectivity index (χ0n) is 17.4. The Bertz CT molecular complexity index is 1330. The largest absolute Gasteiger partial charge is 0.488 e. The van der Waals surface area contributed by atoms with Crippen LogP contribution < -0.4 is 4.74 Å². The van der Waals surface area contributed by atoms with Crippen LogP contribution in [0.25, 0.3) is 6.08 Å². The van der Waals surface area contributed by atoms with Gasteiger partial charge in [0.2, 0.25) is 0 Å². The Hall–Kier alpha value is -3.14. The number of ether oxygens (including phenoxy) is 1. The molecule has 0 aliphatic carbocycles. The van der Waals surface area contributed by atoms with Gasteiger partial charge in [0, 0.05) is 32.3 Å². The Labute approximate surface area is 212 Å². The number of nitro groups is 1. The molecule has 1 aliphatic heterocycles. The van der Waals surface area contributed by atoms with Crippen LogP contribution in [0, 0.1) is 10.1 Å². The molecule has 10 heteroatoms. The van der Waals surface area contributed by atoms with Crippen LogP contribution in [0.5, 0.6) is 5.75 Å². The minimum absolute atomic E-state index is 0.146. The maximum Gasteiger partial charge on any atom is 0.293 e. The van der Waals surface area contributed by atoms with Crippen LogP contribution in [0.3, 0.4) is 0 Å². The molecule has 172 valence electrons. The van der Waals surface area contributed by atoms with Crippen LogP contribution in [-0.2, 0) is 17.9 Å². The monoisotopic (exact) mass is 558 g/mol. The highest BCUT2D eigenvalue weighted by atomic mass is 79.9. The third-order valence-corrected chi connectivity index (χ3v) is 6.76. The van der Waals surface area contributed by atoms with Crippen molar-refractivity contribution in [3.05, 3.63) is 108 Å². The first-order valence-corrected chi connectivity index (χ1v) is 12.0. The van der Waals surface area contributed by atoms with Gasteiger partial charge in [0.1, 0.15) is 12.4 Å². The fourth-order valence-electron chi connectivity index (χ4n) is 3.31. The molecule has 0 atom stereocenters. The second kappa shape index (κ2) is 10.4. The Balaban J connectivity index is 1.58. The molecule has 0 saturated carbocycles. The molecule has 1 aliphatic rings. The van der Waals surface area contributed by atoms with E-state index in [0.717, 1.165) is 26.7 Å². The number of carbonyl (C=O) groups excluding carboxylic acids is 2. The number of carbonyl (C=O) groups is 2. The van der Waals surface area contributed by atoms with Crippen LogP contribution in [0.1, 0.15) is 16.7 Å². The third-order valence-electron chi connectivity index (χ3n) is 4.99. The van der Waals surface area contributed by atoms with Gasteiger partial charge in [0.25, 0.3) is 16.8 Å². The number of thioether (sulfide) groups is 1. The number of rotatable bonds is 7. The molecule has 0 aromatic heterocycles. The predicted octanol–water partition coefficient (Wildman–Crippen LogP) is 6.83. The minimum Gasteiger partial charge on any atom is -0.488 e. The summed E-state index contributed by atoms with van der Waals surface area (Å²) in [4.78, 5) is 37.5. The molecule has 3 aromatic rings. The molecule has 0 radical (unpaired) electrons. The second-order valence-corrected chi connectivity index (χ2v) is 9.53. The molecule has 0 bridgehead atoms. The summed E-state index contributed by atoms with van der Waals surface area (Å²) in [5, 5.41) is 11.4. The van der Waals surface area contributed by atoms with Crippen LogP contribution in [0.15, 0.2) is 76.1 Å². The number of amides is 2. The summed E-state index contributed by atoms with van der Waals surface area (Å²) >= 11 is 10.4. The van der Waals surface area contributed by atoms with Crippen molar-refractivity contribution in [3.8, 4) is 5.75 Å². The van der Waals surface area contributed by atoms with E-state index in [4.69, 9.17) is 16.3 Å². The van der Waals surface area contributed by atoms with Crippen LogP contribution in [-0.4, -0.2) is 21.0 Å². The number of imide groups is 1. The molecule has 0 spiro atoms. The number of nitro benzene ring substituents is 1. The average molecular weight is 560 g/mol. The van der Waals surface area contributed by atoms with Gasteiger partial charge < -0.3 is 4.74 Å². The summed E-state index contributed by atoms with van der Waals surface area (Å²) in [5.41, 5.74) is 1.54. The molecular weight excluding hydrogens is 544 g/mol. The van der Waals surface area contributed by atoms with Gasteiger partial charge in [-0.25, -0.2) is 0 Å². The average Bonchev–Trinajstić information content (AvgIpc) is 3.07. The molecule has 7 nitrogen and oxygen atoms in total. The molecule has 0 N–H and O–H groups in total. The molecule has 1 saturated heterocycles. The number of para-hydroxylation sites is 1. The van der Waals surface area contributed by atoms with Crippen molar-refractivity contribution in [3.63, 3.8) is 0 Å². The summed E-state index contributed by atoms with van der Waals surface area (Å²) in [6.07, 6.45) is 1.58. The lowest BCUT2D eigenvalue weighted by molar-refractivity contribution is -0.385. The quantitative estimate of drug-likeness (QED) is 0.179. The Morgan fingerprint density at radius 1 is 1.06 bits per heavy atom. The lowest BCUT2D eigenvalue weighted by atomic mass is 10.1. The Morgan fingerprint density at radius 2 is 1.76 bits per heavy atom. The standard InChI is InChI=1S/C24H16BrClN2O5S/c25-18-9-10-21(33-14-16-6-1-3-7-19(16)26)17(11-18)12-22-23(29)27(24(30)34-22)13-15-5-2-4-8-20(15)28(31)32/h1-12H,13-14H2/b22-12+. The van der Waals surface area contributed by atoms with Crippen LogP contribution in [0.4, 0.5) is 10.5 Å². The summed E-state index contributed by atoms with van der Waals surface area (Å²) in [6, 6.07) is 18.7. The fraction of sp³-hybridized carbons (Fsp3) is 0.0833. The van der Waals surface area contributed by atoms with Gasteiger partial charge in [-0.3, -0.25) is 24.6 Å². The van der Waals surface area contributed by atoms with Gasteiger partial charge in [0.15, 0.2) is 0 Å². The first-order valence-electron chi connectivity index (χ1n) is 9.97. The molecular formula is C24H16BrClN2O5S. The van der Waals surface area contributed by atoms with E-state index in [1.54, 1.807) is 36.4 Å². The number of benzene rings is 3. The molecule has 0 unspecified atom stereocenters. The normalized spacial score (nSPS) is 14.6. The zero-order chi connectivity index (χ0) is 24.2. The first kappa shape index (κ1) is 24.0. The zero-order valence-corrected chi connectivity index (χ0v) is 20.6. The highest BCUT2D eigenvalue weighted by Crippen LogP contribution is 2.36. The predicted molar refractivity (Wildman–Crippen MR) is 135 cm³/mol. The van der Waals surface area contributed by atoms with Crippen molar-refractivity contribution in [2.24, 2.45) is 0 Å². The van der Waals surface area contributed by atoms with E-state index in [2.05, 4.69) is 15.9 Å². The highest BCUT2D eigenvalue weighted by molar-refractivity contribution is 9.10. The van der Waals surface area contributed by atoms with Gasteiger partial charge in [-0.05, 0) is 42.1 Å². The minimum atomic E-state index is -0.533. The number of nitrogens with zero attached hydrogens (tertiary/aromatic N) is 2. The van der Waals surface area contributed by atoms with E-state index in [-0.39, 0.29) is 29.3 Å². The van der Waals surface area contributed by atoms with Crippen molar-refractivity contribution >= 4 is 62.2 Å². The van der Waals surface area contributed by atoms with E-state index >= 15 is 0 Å². The molecule has 34 heavy (non-hydrogen) atoms. The maximum absolute atomic E-state index is 13.0. The van der Waals surface area contributed by atoms with E-state index in [1.807, 2.05) is 18.2 Å². The van der Waals surface area contributed by atoms with Gasteiger partial charge >= 0.3 is 0 Å². The van der Waals surface area contributed by atoms with Gasteiger partial charge in [-0.1, -0.05) is 63.9 Å². The van der Waals surface area contributed by atoms with E-state index in [1.165, 1.54) is 18.2 Å². The van der Waals surface area contributed by atoms with Crippen molar-refractivity contribution in [2.75, 3.05) is 0 Å². The van der Waals surface area contributed by atoms with Gasteiger partial charge in [-0.2, -0.15) is 0 Å². The van der Waals surface area contributed by atoms with E-state index < -0.39 is 16.1 Å². The number of hydrogen-bond donors (Lipinski definition) is 0. The van der Waals surface area contributed by atoms with Crippen molar-refractivity contribution < 1.29 is 19.2 Å². The van der Waals surface area contributed by atoms with Crippen LogP contribution in [0.2, 0.25) is 5.02 Å². The maximum atomic E-state index is 13.0. The lowest BCUT2D eigenvalue weighted by Gasteiger charge is -2.13. The van der Waals surface area contributed by atoms with Crippen molar-refractivity contribution in [2.45, 2.75) is 13.2 Å². The van der Waals surface area contributed by atoms with Crippen LogP contribution >= 0.6 is 39.3 Å². The number of hydrogen-bond acceptors (Lipinski definition) is 6. The molecule has 1 fully saturated rings. The third kappa shape index (κ3) is 5.32. The molecule has 3 aromatic carbocycles. The summed E-state index contributed by atoms with van der Waals surface area (Å²) in [7, 11) is 0. The van der Waals surface area contributed by atoms with Gasteiger partial charge in [-0.15, -0.1) is 0 Å². The smallest absolute Gasteiger partial charge is 0.293 e. The Morgan fingerprint density at radius 3 is 2.50 bits per heavy atom. The second-order valence-electron chi connectivity index (χ2n) is 7.22. The molecule has 2 amide bonds. The summed E-state index contributed by atoms with van der Waals surface area (Å²) < 4.78 is 6.72. The summed E-state index contributed by atoms with van der Waals surface area (Å²) in [6.45, 7) is 0.0365. The van der Waals surface area contributed by atoms with Crippen molar-refractivity contribution in [1.29, 1.82) is 0 Å². The molecule has 4 rings (SSSR count). The Kier molecular flexibility index (Phi) is 7.35. The van der Waals surface area contributed by atoms with E-state index in [0.29, 0.717) is 16.3 Å². The lowest BCUT2D eigenvalue weighted by Crippen LogP contribution is -2.27. The van der Waals surface area contributed by atoms with Crippen molar-refractivity contribution in [1.82, 2.24) is 4.90 Å². The summed E-state index contributed by atoms with van der Waals surface area (Å²) in [5.74, 6) is -0.0150. The highest BCUT2D eigenvalue weighted by Gasteiger charge is 2.36. The first-order chi connectivity index (χ1) is 16.3. The fourth-order valence-corrected chi connectivity index (χ4v) is 4.70. The van der Waals surface area contributed by atoms with Gasteiger partial charge in [0.05, 0.1) is 16.4 Å². The SMILES string of the molecule is O=C1S/C(=C/c2cc(Br)ccc2OCc2ccccc2Cl)C(=O)N1Cc1ccccc1[N+](=O)[O-]. The van der Waals surface area contributed by atoms with E-state index in [9.17, 15) is 19.7 Å². The number of halogens is 2. The molecule has 1 heterocycles.